The average Bonchev–Trinajstić information content (AvgIpc) is 3.86. The lowest BCUT2D eigenvalue weighted by Crippen LogP contribution is -2.15. The molecule has 0 unspecified atom stereocenters. The van der Waals surface area contributed by atoms with Gasteiger partial charge < -0.3 is 9.13 Å². The summed E-state index contributed by atoms with van der Waals surface area (Å²) < 4.78 is 7.33. The predicted octanol–water partition coefficient (Wildman–Crippen LogP) is 11.8. The van der Waals surface area contributed by atoms with Gasteiger partial charge in [0.1, 0.15) is 5.82 Å². The number of hydrogen-bond donors (Lipinski definition) is 0. The van der Waals surface area contributed by atoms with Crippen LogP contribution in [0.5, 0.6) is 0 Å². The van der Waals surface area contributed by atoms with Crippen molar-refractivity contribution in [2.24, 2.45) is 0 Å². The largest absolute Gasteiger partial charge is 0.309 e. The van der Waals surface area contributed by atoms with Crippen molar-refractivity contribution in [1.82, 2.24) is 18.7 Å². The molecular formula is C47H34N4. The third-order valence-corrected chi connectivity index (χ3v) is 11.3. The van der Waals surface area contributed by atoms with Gasteiger partial charge in [0.2, 0.25) is 0 Å². The van der Waals surface area contributed by atoms with Crippen LogP contribution in [0.4, 0.5) is 0 Å². The van der Waals surface area contributed by atoms with Crippen LogP contribution in [0.25, 0.3) is 82.8 Å². The van der Waals surface area contributed by atoms with E-state index in [0.29, 0.717) is 0 Å². The summed E-state index contributed by atoms with van der Waals surface area (Å²) in [7, 11) is 0. The summed E-state index contributed by atoms with van der Waals surface area (Å²) in [6, 6.07) is 55.3. The minimum Gasteiger partial charge on any atom is -0.309 e. The molecule has 3 heterocycles. The molecule has 1 aliphatic carbocycles. The van der Waals surface area contributed by atoms with Crippen LogP contribution in [0.1, 0.15) is 30.8 Å². The number of benzene rings is 7. The number of aryl methyl sites for hydroxylation is 1. The normalized spacial score (nSPS) is 13.5. The zero-order valence-electron chi connectivity index (χ0n) is 28.7. The Labute approximate surface area is 295 Å². The van der Waals surface area contributed by atoms with E-state index in [0.717, 1.165) is 28.2 Å². The molecule has 1 aliphatic rings. The van der Waals surface area contributed by atoms with E-state index in [-0.39, 0.29) is 5.41 Å². The Morgan fingerprint density at radius 2 is 1.06 bits per heavy atom. The maximum absolute atomic E-state index is 4.92. The molecule has 0 aliphatic heterocycles. The topological polar surface area (TPSA) is 27.7 Å². The van der Waals surface area contributed by atoms with Crippen molar-refractivity contribution in [3.05, 3.63) is 169 Å². The summed E-state index contributed by atoms with van der Waals surface area (Å²) in [5.41, 5.74) is 15.7. The van der Waals surface area contributed by atoms with Crippen molar-refractivity contribution in [2.45, 2.75) is 26.2 Å². The van der Waals surface area contributed by atoms with E-state index in [1.54, 1.807) is 0 Å². The second-order valence-corrected chi connectivity index (χ2v) is 14.4. The summed E-state index contributed by atoms with van der Waals surface area (Å²) in [5.74, 6) is 0.973. The third kappa shape index (κ3) is 3.66. The molecule has 4 nitrogen and oxygen atoms in total. The van der Waals surface area contributed by atoms with Gasteiger partial charge in [0.15, 0.2) is 0 Å². The van der Waals surface area contributed by atoms with Crippen LogP contribution in [0, 0.1) is 6.92 Å². The number of rotatable bonds is 3. The molecule has 7 aromatic carbocycles. The number of hydrogen-bond acceptors (Lipinski definition) is 1. The summed E-state index contributed by atoms with van der Waals surface area (Å²) in [4.78, 5) is 4.92. The quantitative estimate of drug-likeness (QED) is 0.186. The summed E-state index contributed by atoms with van der Waals surface area (Å²) in [6.45, 7) is 6.92. The second kappa shape index (κ2) is 10.1. The maximum Gasteiger partial charge on any atom is 0.111 e. The lowest BCUT2D eigenvalue weighted by atomic mass is 9.80. The molecule has 0 radical (unpaired) electrons. The minimum absolute atomic E-state index is 0.222. The number of imidazole rings is 1. The first kappa shape index (κ1) is 28.4. The third-order valence-electron chi connectivity index (χ3n) is 11.3. The summed E-state index contributed by atoms with van der Waals surface area (Å²) >= 11 is 0. The van der Waals surface area contributed by atoms with E-state index in [1.165, 1.54) is 71.6 Å². The van der Waals surface area contributed by atoms with Gasteiger partial charge in [0.25, 0.3) is 0 Å². The van der Waals surface area contributed by atoms with Crippen LogP contribution in [-0.4, -0.2) is 18.7 Å². The molecule has 0 amide bonds. The summed E-state index contributed by atoms with van der Waals surface area (Å²) in [6.07, 6.45) is 0. The van der Waals surface area contributed by atoms with Crippen molar-refractivity contribution in [3.63, 3.8) is 0 Å². The van der Waals surface area contributed by atoms with Crippen molar-refractivity contribution < 1.29 is 0 Å². The van der Waals surface area contributed by atoms with E-state index < -0.39 is 0 Å². The molecule has 10 aromatic rings. The Balaban J connectivity index is 1.38. The molecular weight excluding hydrogens is 621 g/mol. The van der Waals surface area contributed by atoms with Gasteiger partial charge in [-0.1, -0.05) is 111 Å². The fourth-order valence-corrected chi connectivity index (χ4v) is 9.31. The molecule has 0 fully saturated rings. The van der Waals surface area contributed by atoms with Crippen LogP contribution in [-0.2, 0) is 5.41 Å². The molecule has 0 N–H and O–H groups in total. The highest BCUT2D eigenvalue weighted by molar-refractivity contribution is 6.31. The lowest BCUT2D eigenvalue weighted by Gasteiger charge is -2.23. The monoisotopic (exact) mass is 654 g/mol. The maximum atomic E-state index is 4.92. The fourth-order valence-electron chi connectivity index (χ4n) is 9.31. The number of para-hydroxylation sites is 5. The van der Waals surface area contributed by atoms with Crippen molar-refractivity contribution in [1.29, 1.82) is 0 Å². The number of fused-ring (bicyclic) bond motifs is 13. The van der Waals surface area contributed by atoms with E-state index in [1.807, 2.05) is 0 Å². The van der Waals surface area contributed by atoms with Crippen molar-refractivity contribution in [3.8, 4) is 28.2 Å². The van der Waals surface area contributed by atoms with Gasteiger partial charge in [0, 0.05) is 49.6 Å². The van der Waals surface area contributed by atoms with Crippen molar-refractivity contribution in [2.75, 3.05) is 0 Å². The molecule has 3 aromatic heterocycles. The Kier molecular flexibility index (Phi) is 5.63. The molecule has 0 bridgehead atoms. The molecule has 4 heteroatoms. The highest BCUT2D eigenvalue weighted by Crippen LogP contribution is 2.58. The first-order valence-corrected chi connectivity index (χ1v) is 17.8. The lowest BCUT2D eigenvalue weighted by molar-refractivity contribution is 0.667. The molecule has 0 spiro atoms. The van der Waals surface area contributed by atoms with Crippen LogP contribution >= 0.6 is 0 Å². The van der Waals surface area contributed by atoms with E-state index in [9.17, 15) is 0 Å². The molecule has 0 atom stereocenters. The summed E-state index contributed by atoms with van der Waals surface area (Å²) in [5, 5.41) is 5.14. The standard InChI is InChI=1S/C47H34N4/c1-29-48-37-24-11-14-27-40(37)49(29)31-18-15-19-32(28-31)51-38-25-12-8-21-34(38)42-44-41(33-20-7-10-23-36(33)47(44,2)3)45-43(46(42)51)35-22-9-13-26-39(35)50(45)30-16-5-4-6-17-30/h4-28H,1-3H3. The molecule has 11 rings (SSSR count). The zero-order valence-corrected chi connectivity index (χ0v) is 28.7. The van der Waals surface area contributed by atoms with Crippen LogP contribution in [0.3, 0.4) is 0 Å². The molecule has 0 saturated heterocycles. The number of aromatic nitrogens is 4. The van der Waals surface area contributed by atoms with Gasteiger partial charge >= 0.3 is 0 Å². The van der Waals surface area contributed by atoms with E-state index >= 15 is 0 Å². The van der Waals surface area contributed by atoms with Gasteiger partial charge in [-0.25, -0.2) is 4.98 Å². The van der Waals surface area contributed by atoms with Crippen LogP contribution in [0.15, 0.2) is 152 Å². The van der Waals surface area contributed by atoms with Gasteiger partial charge in [-0.05, 0) is 78.2 Å². The predicted molar refractivity (Wildman–Crippen MR) is 212 cm³/mol. The van der Waals surface area contributed by atoms with Gasteiger partial charge in [-0.3, -0.25) is 4.57 Å². The molecule has 242 valence electrons. The smallest absolute Gasteiger partial charge is 0.111 e. The average molecular weight is 655 g/mol. The van der Waals surface area contributed by atoms with Gasteiger partial charge in [0.05, 0.1) is 33.1 Å². The second-order valence-electron chi connectivity index (χ2n) is 14.4. The SMILES string of the molecule is Cc1nc2ccccc2n1-c1cccc(-n2c3ccccc3c3c4c(c5c(c6ccccc6n5-c5ccccc5)c32)-c2ccccc2C4(C)C)c1. The van der Waals surface area contributed by atoms with Crippen LogP contribution < -0.4 is 0 Å². The first-order valence-electron chi connectivity index (χ1n) is 17.8. The molecule has 0 saturated carbocycles. The first-order chi connectivity index (χ1) is 25.0. The minimum atomic E-state index is -0.222. The van der Waals surface area contributed by atoms with E-state index in [2.05, 4.69) is 186 Å². The highest BCUT2D eigenvalue weighted by Gasteiger charge is 2.41. The Bertz CT molecular complexity index is 3060. The van der Waals surface area contributed by atoms with Gasteiger partial charge in [-0.2, -0.15) is 0 Å². The fraction of sp³-hybridized carbons (Fsp3) is 0.0851. The Hall–Kier alpha value is -6.39. The zero-order chi connectivity index (χ0) is 34.0. The number of nitrogens with zero attached hydrogens (tertiary/aromatic N) is 4. The van der Waals surface area contributed by atoms with Crippen molar-refractivity contribution >= 4 is 54.6 Å². The molecule has 51 heavy (non-hydrogen) atoms. The van der Waals surface area contributed by atoms with Crippen LogP contribution in [0.2, 0.25) is 0 Å². The van der Waals surface area contributed by atoms with E-state index in [4.69, 9.17) is 4.98 Å². The Morgan fingerprint density at radius 3 is 1.82 bits per heavy atom. The Morgan fingerprint density at radius 1 is 0.490 bits per heavy atom. The van der Waals surface area contributed by atoms with Gasteiger partial charge in [-0.15, -0.1) is 0 Å². The highest BCUT2D eigenvalue weighted by atomic mass is 15.1.